The van der Waals surface area contributed by atoms with Crippen molar-refractivity contribution in [2.45, 2.75) is 13.8 Å². The Kier molecular flexibility index (Phi) is 6.50. The lowest BCUT2D eigenvalue weighted by Crippen LogP contribution is -2.13. The number of para-hydroxylation sites is 4. The second kappa shape index (κ2) is 10.9. The van der Waals surface area contributed by atoms with E-state index in [0.29, 0.717) is 0 Å². The van der Waals surface area contributed by atoms with Gasteiger partial charge in [-0.3, -0.25) is 0 Å². The summed E-state index contributed by atoms with van der Waals surface area (Å²) < 4.78 is 0. The molecule has 0 atom stereocenters. The molecule has 0 saturated carbocycles. The van der Waals surface area contributed by atoms with Crippen LogP contribution in [0.5, 0.6) is 0 Å². The number of aryl methyl sites for hydroxylation is 2. The highest BCUT2D eigenvalue weighted by Crippen LogP contribution is 2.48. The summed E-state index contributed by atoms with van der Waals surface area (Å²) in [6.45, 7) is 4.23. The van der Waals surface area contributed by atoms with Crippen LogP contribution in [0.2, 0.25) is 0 Å². The minimum absolute atomic E-state index is 0.727. The first-order valence-corrected chi connectivity index (χ1v) is 15.6. The number of anilines is 8. The van der Waals surface area contributed by atoms with Gasteiger partial charge in [0.05, 0.1) is 34.1 Å². The molecule has 8 aromatic rings. The predicted octanol–water partition coefficient (Wildman–Crippen LogP) is 11.3. The number of benzene rings is 8. The average Bonchev–Trinajstić information content (AvgIpc) is 3.08. The van der Waals surface area contributed by atoms with E-state index in [1.165, 1.54) is 32.7 Å². The summed E-state index contributed by atoms with van der Waals surface area (Å²) in [7, 11) is 0. The maximum absolute atomic E-state index is 6.64. The fraction of sp³-hybridized carbons (Fsp3) is 0.0476. The highest BCUT2D eigenvalue weighted by atomic mass is 15.2. The van der Waals surface area contributed by atoms with Crippen molar-refractivity contribution < 1.29 is 0 Å². The molecule has 8 rings (SSSR count). The molecule has 0 fully saturated rings. The molecule has 0 amide bonds. The Morgan fingerprint density at radius 3 is 1.13 bits per heavy atom. The molecule has 0 spiro atoms. The molecule has 4 N–H and O–H groups in total. The maximum Gasteiger partial charge on any atom is 0.0691 e. The van der Waals surface area contributed by atoms with Crippen LogP contribution in [-0.4, -0.2) is 0 Å². The number of hydrogen-bond acceptors (Lipinski definition) is 4. The van der Waals surface area contributed by atoms with Crippen molar-refractivity contribution >= 4 is 77.8 Å². The van der Waals surface area contributed by atoms with Gasteiger partial charge in [-0.15, -0.1) is 0 Å². The van der Waals surface area contributed by atoms with E-state index in [-0.39, 0.29) is 0 Å². The van der Waals surface area contributed by atoms with E-state index >= 15 is 0 Å². The van der Waals surface area contributed by atoms with Crippen LogP contribution in [-0.2, 0) is 0 Å². The van der Waals surface area contributed by atoms with Crippen molar-refractivity contribution in [2.24, 2.45) is 0 Å². The van der Waals surface area contributed by atoms with Gasteiger partial charge >= 0.3 is 0 Å². The number of rotatable bonds is 6. The molecule has 0 aromatic heterocycles. The van der Waals surface area contributed by atoms with Crippen LogP contribution in [0.1, 0.15) is 11.1 Å². The SMILES string of the molecule is Cc1ccc(N(c2ccccc2N)c2ccc3ccc4c(N(c5ccc(C)cc5)c5ccccc5N)ccc5ccc2c3c54)cc1. The van der Waals surface area contributed by atoms with Crippen LogP contribution in [0, 0.1) is 13.8 Å². The Balaban J connectivity index is 1.42. The highest BCUT2D eigenvalue weighted by Gasteiger charge is 2.22. The zero-order valence-corrected chi connectivity index (χ0v) is 25.9. The van der Waals surface area contributed by atoms with E-state index in [1.807, 2.05) is 36.4 Å². The molecule has 8 aromatic carbocycles. The summed E-state index contributed by atoms with van der Waals surface area (Å²) >= 11 is 0. The first-order chi connectivity index (χ1) is 22.5. The molecule has 0 bridgehead atoms. The lowest BCUT2D eigenvalue weighted by Gasteiger charge is -2.30. The maximum atomic E-state index is 6.64. The Morgan fingerprint density at radius 2 is 0.739 bits per heavy atom. The Labute approximate surface area is 269 Å². The third kappa shape index (κ3) is 4.46. The van der Waals surface area contributed by atoms with Gasteiger partial charge in [-0.05, 0) is 96.1 Å². The van der Waals surface area contributed by atoms with Gasteiger partial charge < -0.3 is 21.3 Å². The Bertz CT molecular complexity index is 2190. The minimum atomic E-state index is 0.727. The zero-order chi connectivity index (χ0) is 31.4. The fourth-order valence-corrected chi connectivity index (χ4v) is 6.75. The summed E-state index contributed by atoms with van der Waals surface area (Å²) in [4.78, 5) is 4.57. The van der Waals surface area contributed by atoms with Crippen molar-refractivity contribution in [3.05, 3.63) is 157 Å². The lowest BCUT2D eigenvalue weighted by atomic mass is 9.91. The molecule has 0 aliphatic rings. The van der Waals surface area contributed by atoms with E-state index in [2.05, 4.69) is 133 Å². The summed E-state index contributed by atoms with van der Waals surface area (Å²) in [5.74, 6) is 0. The van der Waals surface area contributed by atoms with Crippen LogP contribution < -0.4 is 21.3 Å². The molecule has 0 aliphatic heterocycles. The Morgan fingerprint density at radius 1 is 0.370 bits per heavy atom. The van der Waals surface area contributed by atoms with E-state index in [1.54, 1.807) is 0 Å². The van der Waals surface area contributed by atoms with E-state index in [0.717, 1.165) is 56.3 Å². The van der Waals surface area contributed by atoms with Gasteiger partial charge in [-0.1, -0.05) is 96.1 Å². The third-order valence-corrected chi connectivity index (χ3v) is 9.04. The second-order valence-corrected chi connectivity index (χ2v) is 12.1. The van der Waals surface area contributed by atoms with E-state index in [4.69, 9.17) is 11.5 Å². The summed E-state index contributed by atoms with van der Waals surface area (Å²) in [6.07, 6.45) is 0. The van der Waals surface area contributed by atoms with Crippen molar-refractivity contribution in [1.29, 1.82) is 0 Å². The molecule has 0 radical (unpaired) electrons. The Hall–Kier alpha value is -6.00. The first-order valence-electron chi connectivity index (χ1n) is 15.6. The topological polar surface area (TPSA) is 58.5 Å². The molecule has 0 saturated heterocycles. The molecule has 4 nitrogen and oxygen atoms in total. The summed E-state index contributed by atoms with van der Waals surface area (Å²) in [6, 6.07) is 51.4. The number of nitrogens with two attached hydrogens (primary N) is 2. The largest absolute Gasteiger partial charge is 0.397 e. The van der Waals surface area contributed by atoms with Gasteiger partial charge in [0.15, 0.2) is 0 Å². The third-order valence-electron chi connectivity index (χ3n) is 9.04. The van der Waals surface area contributed by atoms with Crippen LogP contribution in [0.3, 0.4) is 0 Å². The van der Waals surface area contributed by atoms with Crippen LogP contribution in [0.15, 0.2) is 146 Å². The summed E-state index contributed by atoms with van der Waals surface area (Å²) in [5.41, 5.74) is 23.3. The average molecular weight is 595 g/mol. The molecule has 46 heavy (non-hydrogen) atoms. The van der Waals surface area contributed by atoms with Gasteiger partial charge in [-0.25, -0.2) is 0 Å². The molecular weight excluding hydrogens is 560 g/mol. The monoisotopic (exact) mass is 594 g/mol. The number of nitrogens with zero attached hydrogens (tertiary/aromatic N) is 2. The van der Waals surface area contributed by atoms with Crippen LogP contribution >= 0.6 is 0 Å². The number of hydrogen-bond donors (Lipinski definition) is 2. The van der Waals surface area contributed by atoms with Gasteiger partial charge in [0.1, 0.15) is 0 Å². The predicted molar refractivity (Wildman–Crippen MR) is 198 cm³/mol. The van der Waals surface area contributed by atoms with Gasteiger partial charge in [0.2, 0.25) is 0 Å². The molecule has 222 valence electrons. The van der Waals surface area contributed by atoms with E-state index < -0.39 is 0 Å². The molecule has 0 aliphatic carbocycles. The van der Waals surface area contributed by atoms with Crippen molar-refractivity contribution in [3.8, 4) is 0 Å². The smallest absolute Gasteiger partial charge is 0.0691 e. The molecule has 4 heteroatoms. The molecule has 0 unspecified atom stereocenters. The van der Waals surface area contributed by atoms with Crippen molar-refractivity contribution in [1.82, 2.24) is 0 Å². The molecule has 0 heterocycles. The summed E-state index contributed by atoms with van der Waals surface area (Å²) in [5, 5.41) is 7.17. The zero-order valence-electron chi connectivity index (χ0n) is 25.9. The van der Waals surface area contributed by atoms with E-state index in [9.17, 15) is 0 Å². The van der Waals surface area contributed by atoms with Gasteiger partial charge in [-0.2, -0.15) is 0 Å². The molecular formula is C42H34N4. The quantitative estimate of drug-likeness (QED) is 0.148. The van der Waals surface area contributed by atoms with Gasteiger partial charge in [0.25, 0.3) is 0 Å². The van der Waals surface area contributed by atoms with Crippen molar-refractivity contribution in [3.63, 3.8) is 0 Å². The standard InChI is InChI=1S/C42H34N4/c1-27-11-19-31(20-12-27)45(39-9-5-3-7-35(39)43)37-25-17-29-16-24-34-38(26-18-30-15-23-33(37)41(29)42(30)34)46(32-21-13-28(2)14-22-32)40-10-6-4-8-36(40)44/h3-26H,43-44H2,1-2H3. The van der Waals surface area contributed by atoms with Gasteiger partial charge in [0, 0.05) is 22.1 Å². The minimum Gasteiger partial charge on any atom is -0.397 e. The fourth-order valence-electron chi connectivity index (χ4n) is 6.75. The van der Waals surface area contributed by atoms with Crippen LogP contribution in [0.4, 0.5) is 45.5 Å². The lowest BCUT2D eigenvalue weighted by molar-refractivity contribution is 1.29. The van der Waals surface area contributed by atoms with Crippen LogP contribution in [0.25, 0.3) is 32.3 Å². The first kappa shape index (κ1) is 27.5. The number of nitrogen functional groups attached to an aromatic ring is 2. The van der Waals surface area contributed by atoms with Crippen molar-refractivity contribution in [2.75, 3.05) is 21.3 Å². The highest BCUT2D eigenvalue weighted by molar-refractivity contribution is 6.28. The second-order valence-electron chi connectivity index (χ2n) is 12.1. The normalized spacial score (nSPS) is 11.4.